The van der Waals surface area contributed by atoms with Gasteiger partial charge < -0.3 is 9.47 Å². The molecule has 0 fully saturated rings. The van der Waals surface area contributed by atoms with Crippen molar-refractivity contribution in [2.75, 3.05) is 14.2 Å². The molecule has 186 valence electrons. The predicted octanol–water partition coefficient (Wildman–Crippen LogP) is 6.38. The summed E-state index contributed by atoms with van der Waals surface area (Å²) in [6.45, 7) is 4.34. The van der Waals surface area contributed by atoms with Gasteiger partial charge in [-0.05, 0) is 72.4 Å². The number of hydrogen-bond acceptors (Lipinski definition) is 4. The van der Waals surface area contributed by atoms with Crippen LogP contribution in [0.1, 0.15) is 29.5 Å². The number of rotatable bonds is 13. The Labute approximate surface area is 217 Å². The molecule has 7 heteroatoms. The Kier molecular flexibility index (Phi) is 9.95. The monoisotopic (exact) mass is 557 g/mol. The normalized spacial score (nSPS) is 12.3. The second-order valence-corrected chi connectivity index (χ2v) is 11.5. The van der Waals surface area contributed by atoms with E-state index in [0.717, 1.165) is 32.7 Å². The first kappa shape index (κ1) is 27.0. The minimum absolute atomic E-state index is 0.267. The third kappa shape index (κ3) is 7.69. The molecule has 3 aromatic rings. The molecule has 3 aromatic carbocycles. The van der Waals surface area contributed by atoms with Crippen LogP contribution in [0.2, 0.25) is 0 Å². The highest BCUT2D eigenvalue weighted by molar-refractivity contribution is 9.10. The van der Waals surface area contributed by atoms with Crippen LogP contribution in [0, 0.1) is 0 Å². The fraction of sp³-hybridized carbons (Fsp3) is 0.286. The van der Waals surface area contributed by atoms with Gasteiger partial charge in [0, 0.05) is 17.6 Å². The van der Waals surface area contributed by atoms with Crippen molar-refractivity contribution in [3.8, 4) is 11.5 Å². The molecule has 5 nitrogen and oxygen atoms in total. The number of nitrogens with zero attached hydrogens (tertiary/aromatic N) is 1. The Morgan fingerprint density at radius 2 is 1.29 bits per heavy atom. The van der Waals surface area contributed by atoms with Gasteiger partial charge in [0.1, 0.15) is 11.5 Å². The molecule has 0 aliphatic heterocycles. The topological polar surface area (TPSA) is 55.8 Å². The van der Waals surface area contributed by atoms with Gasteiger partial charge in [0.2, 0.25) is 10.0 Å². The molecule has 0 N–H and O–H groups in total. The van der Waals surface area contributed by atoms with E-state index in [9.17, 15) is 8.42 Å². The van der Waals surface area contributed by atoms with E-state index >= 15 is 0 Å². The van der Waals surface area contributed by atoms with Crippen molar-refractivity contribution in [1.82, 2.24) is 4.31 Å². The van der Waals surface area contributed by atoms with Crippen molar-refractivity contribution in [1.29, 1.82) is 0 Å². The Balaban J connectivity index is 1.94. The van der Waals surface area contributed by atoms with Gasteiger partial charge in [0.25, 0.3) is 0 Å². The van der Waals surface area contributed by atoms with Crippen molar-refractivity contribution < 1.29 is 17.9 Å². The van der Waals surface area contributed by atoms with Gasteiger partial charge in [-0.2, -0.15) is 4.31 Å². The Morgan fingerprint density at radius 3 is 1.71 bits per heavy atom. The summed E-state index contributed by atoms with van der Waals surface area (Å²) in [5, 5.41) is -0.571. The first-order valence-electron chi connectivity index (χ1n) is 11.5. The molecular formula is C28H32BrNO4S. The second kappa shape index (κ2) is 12.9. The fourth-order valence-corrected chi connectivity index (χ4v) is 6.04. The van der Waals surface area contributed by atoms with Gasteiger partial charge in [-0.15, -0.1) is 6.58 Å². The third-order valence-corrected chi connectivity index (χ3v) is 8.64. The molecular weight excluding hydrogens is 526 g/mol. The van der Waals surface area contributed by atoms with E-state index in [4.69, 9.17) is 9.47 Å². The van der Waals surface area contributed by atoms with Crippen molar-refractivity contribution in [3.05, 3.63) is 107 Å². The molecule has 0 radical (unpaired) electrons. The molecule has 0 heterocycles. The maximum Gasteiger partial charge on any atom is 0.217 e. The summed E-state index contributed by atoms with van der Waals surface area (Å²) in [6.07, 6.45) is 3.34. The summed E-state index contributed by atoms with van der Waals surface area (Å²) in [7, 11) is -0.434. The largest absolute Gasteiger partial charge is 0.497 e. The first-order chi connectivity index (χ1) is 16.8. The lowest BCUT2D eigenvalue weighted by Gasteiger charge is -2.28. The molecule has 0 aliphatic rings. The van der Waals surface area contributed by atoms with Gasteiger partial charge in [-0.25, -0.2) is 8.42 Å². The number of allylic oxidation sites excluding steroid dienone is 1. The predicted molar refractivity (Wildman–Crippen MR) is 145 cm³/mol. The second-order valence-electron chi connectivity index (χ2n) is 8.33. The van der Waals surface area contributed by atoms with Crippen LogP contribution >= 0.6 is 15.9 Å². The van der Waals surface area contributed by atoms with Crippen LogP contribution < -0.4 is 9.47 Å². The van der Waals surface area contributed by atoms with Crippen LogP contribution in [0.15, 0.2) is 89.9 Å². The SMILES string of the molecule is C=CCC[C@H](Cc1ccc(Br)cc1)S(=O)(=O)N(Cc1ccc(OC)cc1)Cc1ccc(OC)cc1. The molecule has 0 unspecified atom stereocenters. The molecule has 0 saturated carbocycles. The number of benzene rings is 3. The van der Waals surface area contributed by atoms with E-state index in [1.54, 1.807) is 24.6 Å². The molecule has 35 heavy (non-hydrogen) atoms. The molecule has 0 saturated heterocycles. The molecule has 0 bridgehead atoms. The average Bonchev–Trinajstić information content (AvgIpc) is 2.88. The van der Waals surface area contributed by atoms with Gasteiger partial charge in [-0.1, -0.05) is 58.4 Å². The fourth-order valence-electron chi connectivity index (χ4n) is 3.86. The molecule has 0 aliphatic carbocycles. The van der Waals surface area contributed by atoms with Gasteiger partial charge in [0.15, 0.2) is 0 Å². The van der Waals surface area contributed by atoms with Gasteiger partial charge in [-0.3, -0.25) is 0 Å². The lowest BCUT2D eigenvalue weighted by atomic mass is 10.1. The smallest absolute Gasteiger partial charge is 0.217 e. The Morgan fingerprint density at radius 1 is 0.829 bits per heavy atom. The standard InChI is InChI=1S/C28H32BrNO4S/c1-4-5-6-28(19-22-7-13-25(29)14-8-22)35(31,32)30(20-23-9-15-26(33-2)16-10-23)21-24-11-17-27(34-3)18-12-24/h4,7-18,28H,1,5-6,19-21H2,2-3H3/t28-/m1/s1. The average molecular weight is 559 g/mol. The Bertz CT molecular complexity index is 1130. The van der Waals surface area contributed by atoms with Crippen LogP contribution in [0.5, 0.6) is 11.5 Å². The van der Waals surface area contributed by atoms with E-state index in [0.29, 0.717) is 19.3 Å². The highest BCUT2D eigenvalue weighted by Gasteiger charge is 2.32. The number of halogens is 1. The van der Waals surface area contributed by atoms with Crippen molar-refractivity contribution in [3.63, 3.8) is 0 Å². The van der Waals surface area contributed by atoms with E-state index in [2.05, 4.69) is 22.5 Å². The van der Waals surface area contributed by atoms with E-state index in [1.807, 2.05) is 72.8 Å². The summed E-state index contributed by atoms with van der Waals surface area (Å²) < 4.78 is 41.3. The summed E-state index contributed by atoms with van der Waals surface area (Å²) in [6, 6.07) is 22.9. The molecule has 0 amide bonds. The van der Waals surface area contributed by atoms with Crippen molar-refractivity contribution in [2.24, 2.45) is 0 Å². The summed E-state index contributed by atoms with van der Waals surface area (Å²) in [5.74, 6) is 1.47. The van der Waals surface area contributed by atoms with E-state index < -0.39 is 15.3 Å². The van der Waals surface area contributed by atoms with Gasteiger partial charge >= 0.3 is 0 Å². The third-order valence-electron chi connectivity index (χ3n) is 5.89. The highest BCUT2D eigenvalue weighted by atomic mass is 79.9. The van der Waals surface area contributed by atoms with E-state index in [1.165, 1.54) is 0 Å². The lowest BCUT2D eigenvalue weighted by molar-refractivity contribution is 0.388. The number of ether oxygens (including phenoxy) is 2. The minimum Gasteiger partial charge on any atom is -0.497 e. The van der Waals surface area contributed by atoms with Crippen molar-refractivity contribution >= 4 is 26.0 Å². The molecule has 1 atom stereocenters. The minimum atomic E-state index is -3.66. The van der Waals surface area contributed by atoms with Crippen LogP contribution in [-0.2, 0) is 29.5 Å². The van der Waals surface area contributed by atoms with Crippen LogP contribution in [0.4, 0.5) is 0 Å². The molecule has 3 rings (SSSR count). The molecule has 0 aromatic heterocycles. The van der Waals surface area contributed by atoms with E-state index in [-0.39, 0.29) is 13.1 Å². The number of hydrogen-bond donors (Lipinski definition) is 0. The quantitative estimate of drug-likeness (QED) is 0.229. The zero-order chi connectivity index (χ0) is 25.3. The first-order valence-corrected chi connectivity index (χ1v) is 13.8. The number of methoxy groups -OCH3 is 2. The Hall–Kier alpha value is -2.61. The van der Waals surface area contributed by atoms with Crippen LogP contribution in [0.25, 0.3) is 0 Å². The molecule has 0 spiro atoms. The zero-order valence-electron chi connectivity index (χ0n) is 20.2. The zero-order valence-corrected chi connectivity index (χ0v) is 22.6. The lowest BCUT2D eigenvalue weighted by Crippen LogP contribution is -2.39. The highest BCUT2D eigenvalue weighted by Crippen LogP contribution is 2.25. The van der Waals surface area contributed by atoms with Crippen LogP contribution in [0.3, 0.4) is 0 Å². The maximum absolute atomic E-state index is 14.1. The summed E-state index contributed by atoms with van der Waals surface area (Å²) in [4.78, 5) is 0. The number of sulfonamides is 1. The maximum atomic E-state index is 14.1. The summed E-state index contributed by atoms with van der Waals surface area (Å²) >= 11 is 3.45. The summed E-state index contributed by atoms with van der Waals surface area (Å²) in [5.41, 5.74) is 2.78. The van der Waals surface area contributed by atoms with Gasteiger partial charge in [0.05, 0.1) is 19.5 Å². The van der Waals surface area contributed by atoms with Crippen molar-refractivity contribution in [2.45, 2.75) is 37.6 Å². The van der Waals surface area contributed by atoms with Crippen LogP contribution in [-0.4, -0.2) is 32.2 Å².